The molecule has 0 heterocycles. The van der Waals surface area contributed by atoms with Crippen LogP contribution in [0.2, 0.25) is 5.02 Å². The minimum absolute atomic E-state index is 0.00663. The number of halogens is 1. The minimum Gasteiger partial charge on any atom is -0.493 e. The third-order valence-corrected chi connectivity index (χ3v) is 4.02. The van der Waals surface area contributed by atoms with Crippen molar-refractivity contribution in [2.24, 2.45) is 0 Å². The number of nitrogens with one attached hydrogen (secondary N) is 1. The van der Waals surface area contributed by atoms with E-state index >= 15 is 0 Å². The summed E-state index contributed by atoms with van der Waals surface area (Å²) in [5.41, 5.74) is 1.46. The summed E-state index contributed by atoms with van der Waals surface area (Å²) in [6.45, 7) is 2.78. The highest BCUT2D eigenvalue weighted by Gasteiger charge is 2.11. The zero-order valence-electron chi connectivity index (χ0n) is 15.6. The van der Waals surface area contributed by atoms with Crippen molar-refractivity contribution in [3.05, 3.63) is 68.7 Å². The van der Waals surface area contributed by atoms with Crippen LogP contribution < -0.4 is 14.8 Å². The zero-order chi connectivity index (χ0) is 20.5. The second-order valence-corrected chi connectivity index (χ2v) is 6.26. The maximum absolute atomic E-state index is 12.0. The van der Waals surface area contributed by atoms with Gasteiger partial charge in [-0.3, -0.25) is 14.9 Å². The highest BCUT2D eigenvalue weighted by Crippen LogP contribution is 2.36. The molecule has 148 valence electrons. The Kier molecular flexibility index (Phi) is 7.83. The molecule has 0 aromatic heterocycles. The molecule has 0 saturated carbocycles. The number of methoxy groups -OCH3 is 1. The molecular weight excluding hydrogens is 384 g/mol. The summed E-state index contributed by atoms with van der Waals surface area (Å²) in [5.74, 6) is 0.664. The van der Waals surface area contributed by atoms with Crippen LogP contribution in [-0.4, -0.2) is 24.5 Å². The largest absolute Gasteiger partial charge is 0.493 e. The van der Waals surface area contributed by atoms with Crippen molar-refractivity contribution in [3.8, 4) is 11.5 Å². The van der Waals surface area contributed by atoms with Gasteiger partial charge in [0.2, 0.25) is 5.91 Å². The maximum atomic E-state index is 12.0. The molecule has 1 amide bonds. The van der Waals surface area contributed by atoms with Crippen molar-refractivity contribution in [1.82, 2.24) is 5.32 Å². The number of carbonyl (C=O) groups excluding carboxylic acids is 1. The molecule has 0 spiro atoms. The molecule has 2 aromatic carbocycles. The number of rotatable bonds is 9. The number of nitrogens with zero attached hydrogens (tertiary/aromatic N) is 1. The average molecular weight is 405 g/mol. The summed E-state index contributed by atoms with van der Waals surface area (Å²) in [5, 5.41) is 13.8. The van der Waals surface area contributed by atoms with Gasteiger partial charge < -0.3 is 14.8 Å². The van der Waals surface area contributed by atoms with Gasteiger partial charge in [-0.25, -0.2) is 0 Å². The Morgan fingerprint density at radius 1 is 1.29 bits per heavy atom. The Morgan fingerprint density at radius 2 is 2.00 bits per heavy atom. The van der Waals surface area contributed by atoms with Crippen molar-refractivity contribution >= 4 is 29.3 Å². The van der Waals surface area contributed by atoms with Crippen LogP contribution in [0.4, 0.5) is 5.69 Å². The Labute approximate surface area is 168 Å². The summed E-state index contributed by atoms with van der Waals surface area (Å²) in [7, 11) is 1.52. The third-order valence-electron chi connectivity index (χ3n) is 3.74. The third kappa shape index (κ3) is 5.99. The number of ether oxygens (including phenoxy) is 2. The van der Waals surface area contributed by atoms with E-state index in [1.54, 1.807) is 30.3 Å². The first kappa shape index (κ1) is 21.2. The molecule has 2 aromatic rings. The molecule has 8 heteroatoms. The molecule has 0 unspecified atom stereocenters. The van der Waals surface area contributed by atoms with Crippen molar-refractivity contribution < 1.29 is 19.2 Å². The van der Waals surface area contributed by atoms with Gasteiger partial charge in [0.1, 0.15) is 0 Å². The van der Waals surface area contributed by atoms with Crippen LogP contribution >= 0.6 is 11.6 Å². The molecule has 0 aliphatic heterocycles. The van der Waals surface area contributed by atoms with Crippen molar-refractivity contribution in [1.29, 1.82) is 0 Å². The van der Waals surface area contributed by atoms with Crippen LogP contribution in [-0.2, 0) is 11.3 Å². The lowest BCUT2D eigenvalue weighted by atomic mass is 10.1. The number of hydrogen-bond donors (Lipinski definition) is 1. The molecule has 7 nitrogen and oxygen atoms in total. The summed E-state index contributed by atoms with van der Waals surface area (Å²) in [6, 6.07) is 9.41. The standard InChI is InChI=1S/C20H21ClN2O5/c1-3-10-28-20-17(21)11-15(12-18(20)27-2)6-9-19(24)22-13-14-4-7-16(8-5-14)23(25)26/h4-9,11-12H,3,10,13H2,1-2H3,(H,22,24). The molecule has 1 N–H and O–H groups in total. The summed E-state index contributed by atoms with van der Waals surface area (Å²) >= 11 is 6.25. The predicted molar refractivity (Wildman–Crippen MR) is 108 cm³/mol. The summed E-state index contributed by atoms with van der Waals surface area (Å²) in [4.78, 5) is 22.2. The Bertz CT molecular complexity index is 866. The second-order valence-electron chi connectivity index (χ2n) is 5.86. The number of nitro benzene ring substituents is 1. The topological polar surface area (TPSA) is 90.7 Å². The van der Waals surface area contributed by atoms with Crippen molar-refractivity contribution in [2.75, 3.05) is 13.7 Å². The van der Waals surface area contributed by atoms with Gasteiger partial charge in [0.25, 0.3) is 5.69 Å². The quantitative estimate of drug-likeness (QED) is 0.380. The normalized spacial score (nSPS) is 10.7. The highest BCUT2D eigenvalue weighted by molar-refractivity contribution is 6.32. The van der Waals surface area contributed by atoms with Gasteiger partial charge in [-0.2, -0.15) is 0 Å². The van der Waals surface area contributed by atoms with Crippen LogP contribution in [0.1, 0.15) is 24.5 Å². The van der Waals surface area contributed by atoms with E-state index in [1.165, 1.54) is 25.3 Å². The van der Waals surface area contributed by atoms with Crippen molar-refractivity contribution in [2.45, 2.75) is 19.9 Å². The van der Waals surface area contributed by atoms with Gasteiger partial charge >= 0.3 is 0 Å². The molecule has 0 bridgehead atoms. The number of amides is 1. The Morgan fingerprint density at radius 3 is 2.61 bits per heavy atom. The van der Waals surface area contributed by atoms with E-state index in [4.69, 9.17) is 21.1 Å². The highest BCUT2D eigenvalue weighted by atomic mass is 35.5. The van der Waals surface area contributed by atoms with Gasteiger partial charge in [0, 0.05) is 24.8 Å². The van der Waals surface area contributed by atoms with Crippen molar-refractivity contribution in [3.63, 3.8) is 0 Å². The molecule has 0 fully saturated rings. The number of carbonyl (C=O) groups is 1. The van der Waals surface area contributed by atoms with E-state index in [0.29, 0.717) is 28.7 Å². The Hall–Kier alpha value is -3.06. The van der Waals surface area contributed by atoms with E-state index < -0.39 is 4.92 Å². The number of benzene rings is 2. The van der Waals surface area contributed by atoms with E-state index in [-0.39, 0.29) is 18.1 Å². The molecular formula is C20H21ClN2O5. The SMILES string of the molecule is CCCOc1c(Cl)cc(C=CC(=O)NCc2ccc([N+](=O)[O-])cc2)cc1OC. The van der Waals surface area contributed by atoms with Crippen LogP contribution in [0, 0.1) is 10.1 Å². The van der Waals surface area contributed by atoms with E-state index in [9.17, 15) is 14.9 Å². The fourth-order valence-electron chi connectivity index (χ4n) is 2.34. The fourth-order valence-corrected chi connectivity index (χ4v) is 2.61. The molecule has 0 aliphatic carbocycles. The van der Waals surface area contributed by atoms with E-state index in [1.807, 2.05) is 6.92 Å². The van der Waals surface area contributed by atoms with Crippen LogP contribution in [0.25, 0.3) is 6.08 Å². The maximum Gasteiger partial charge on any atom is 0.269 e. The van der Waals surface area contributed by atoms with Gasteiger partial charge in [-0.1, -0.05) is 30.7 Å². The first-order valence-electron chi connectivity index (χ1n) is 8.64. The van der Waals surface area contributed by atoms with Gasteiger partial charge in [0.15, 0.2) is 11.5 Å². The first-order chi connectivity index (χ1) is 13.4. The second kappa shape index (κ2) is 10.3. The molecule has 28 heavy (non-hydrogen) atoms. The van der Waals surface area contributed by atoms with Crippen LogP contribution in [0.15, 0.2) is 42.5 Å². The molecule has 0 saturated heterocycles. The fraction of sp³-hybridized carbons (Fsp3) is 0.250. The van der Waals surface area contributed by atoms with Crippen LogP contribution in [0.5, 0.6) is 11.5 Å². The first-order valence-corrected chi connectivity index (χ1v) is 9.02. The monoisotopic (exact) mass is 404 g/mol. The summed E-state index contributed by atoms with van der Waals surface area (Å²) < 4.78 is 10.9. The molecule has 0 aliphatic rings. The van der Waals surface area contributed by atoms with Gasteiger partial charge in [0.05, 0.1) is 23.7 Å². The lowest BCUT2D eigenvalue weighted by molar-refractivity contribution is -0.384. The van der Waals surface area contributed by atoms with E-state index in [0.717, 1.165) is 12.0 Å². The Balaban J connectivity index is 1.99. The lowest BCUT2D eigenvalue weighted by Crippen LogP contribution is -2.20. The predicted octanol–water partition coefficient (Wildman–Crippen LogP) is 4.38. The zero-order valence-corrected chi connectivity index (χ0v) is 16.4. The molecule has 2 rings (SSSR count). The number of hydrogen-bond acceptors (Lipinski definition) is 5. The summed E-state index contributed by atoms with van der Waals surface area (Å²) in [6.07, 6.45) is 3.84. The van der Waals surface area contributed by atoms with E-state index in [2.05, 4.69) is 5.32 Å². The lowest BCUT2D eigenvalue weighted by Gasteiger charge is -2.12. The molecule has 0 radical (unpaired) electrons. The minimum atomic E-state index is -0.469. The van der Waals surface area contributed by atoms with Crippen LogP contribution in [0.3, 0.4) is 0 Å². The average Bonchev–Trinajstić information content (AvgIpc) is 2.69. The van der Waals surface area contributed by atoms with Gasteiger partial charge in [-0.15, -0.1) is 0 Å². The van der Waals surface area contributed by atoms with Gasteiger partial charge in [-0.05, 0) is 35.8 Å². The smallest absolute Gasteiger partial charge is 0.269 e. The number of non-ortho nitro benzene ring substituents is 1. The number of nitro groups is 1. The molecule has 0 atom stereocenters.